The molecule has 6 nitrogen and oxygen atoms in total. The van der Waals surface area contributed by atoms with Crippen molar-refractivity contribution < 1.29 is 22.7 Å². The molecule has 0 heterocycles. The van der Waals surface area contributed by atoms with Crippen molar-refractivity contribution in [1.29, 1.82) is 0 Å². The van der Waals surface area contributed by atoms with Gasteiger partial charge in [-0.2, -0.15) is 0 Å². The summed E-state index contributed by atoms with van der Waals surface area (Å²) in [6.07, 6.45) is 9.31. The number of carbonyl (C=O) groups excluding carboxylic acids is 2. The molecule has 0 saturated heterocycles. The summed E-state index contributed by atoms with van der Waals surface area (Å²) in [5.41, 5.74) is -0.490. The minimum absolute atomic E-state index is 0.0739. The van der Waals surface area contributed by atoms with Crippen LogP contribution >= 0.6 is 0 Å². The van der Waals surface area contributed by atoms with Crippen LogP contribution in [0, 0.1) is 5.92 Å². The Labute approximate surface area is 154 Å². The number of allylic oxidation sites excluding steroid dienone is 4. The molecule has 1 amide bonds. The Morgan fingerprint density at radius 3 is 2.73 bits per heavy atom. The van der Waals surface area contributed by atoms with Gasteiger partial charge in [0, 0.05) is 5.41 Å². The van der Waals surface area contributed by atoms with E-state index in [9.17, 15) is 18.0 Å². The number of hydrogen-bond acceptors (Lipinski definition) is 5. The first-order valence-corrected chi connectivity index (χ1v) is 9.86. The summed E-state index contributed by atoms with van der Waals surface area (Å²) < 4.78 is 32.3. The predicted molar refractivity (Wildman–Crippen MR) is 97.8 cm³/mol. The van der Waals surface area contributed by atoms with Crippen molar-refractivity contribution in [1.82, 2.24) is 4.72 Å². The second-order valence-corrected chi connectivity index (χ2v) is 7.86. The third-order valence-electron chi connectivity index (χ3n) is 4.34. The van der Waals surface area contributed by atoms with E-state index < -0.39 is 27.4 Å². The van der Waals surface area contributed by atoms with Crippen LogP contribution in [0.2, 0.25) is 0 Å². The van der Waals surface area contributed by atoms with Gasteiger partial charge in [-0.1, -0.05) is 62.8 Å². The van der Waals surface area contributed by atoms with E-state index in [1.54, 1.807) is 49.4 Å². The molecule has 0 fully saturated rings. The zero-order valence-electron chi connectivity index (χ0n) is 14.8. The number of rotatable bonds is 7. The number of benzene rings is 1. The fourth-order valence-corrected chi connectivity index (χ4v) is 4.03. The molecule has 2 rings (SSSR count). The summed E-state index contributed by atoms with van der Waals surface area (Å²) in [7, 11) is -4.16. The van der Waals surface area contributed by atoms with Gasteiger partial charge < -0.3 is 4.74 Å². The van der Waals surface area contributed by atoms with Crippen molar-refractivity contribution in [3.05, 3.63) is 54.1 Å². The molecule has 0 bridgehead atoms. The Hall–Kier alpha value is -2.41. The first kappa shape index (κ1) is 19.9. The molecule has 139 valence electrons. The van der Waals surface area contributed by atoms with E-state index in [-0.39, 0.29) is 11.5 Å². The van der Waals surface area contributed by atoms with Crippen molar-refractivity contribution in [2.45, 2.75) is 37.0 Å². The van der Waals surface area contributed by atoms with Crippen molar-refractivity contribution in [3.8, 4) is 0 Å². The van der Waals surface area contributed by atoms with E-state index in [1.165, 1.54) is 6.07 Å². The number of hydrogen-bond donors (Lipinski definition) is 1. The Morgan fingerprint density at radius 2 is 2.04 bits per heavy atom. The normalized spacial score (nSPS) is 22.0. The van der Waals surface area contributed by atoms with Crippen LogP contribution in [0.4, 0.5) is 4.79 Å². The maximum Gasteiger partial charge on any atom is 0.421 e. The molecule has 0 aliphatic heterocycles. The Bertz CT molecular complexity index is 828. The highest BCUT2D eigenvalue weighted by molar-refractivity contribution is 7.90. The van der Waals surface area contributed by atoms with E-state index >= 15 is 0 Å². The molecule has 2 unspecified atom stereocenters. The molecule has 1 N–H and O–H groups in total. The summed E-state index contributed by atoms with van der Waals surface area (Å²) in [6, 6.07) is 6.28. The number of nitrogens with one attached hydrogen (secondary N) is 1. The fraction of sp³-hybridized carbons (Fsp3) is 0.368. The van der Waals surface area contributed by atoms with Crippen LogP contribution in [0.1, 0.15) is 32.3 Å². The highest BCUT2D eigenvalue weighted by Gasteiger charge is 2.38. The Balaban J connectivity index is 2.36. The number of unbranched alkanes of at least 4 members (excludes halogenated alkanes) is 1. The highest BCUT2D eigenvalue weighted by atomic mass is 32.2. The van der Waals surface area contributed by atoms with Crippen molar-refractivity contribution in [2.24, 2.45) is 5.92 Å². The monoisotopic (exact) mass is 376 g/mol. The van der Waals surface area contributed by atoms with Crippen LogP contribution in [-0.2, 0) is 25.0 Å². The van der Waals surface area contributed by atoms with Crippen molar-refractivity contribution in [2.75, 3.05) is 6.61 Å². The number of amides is 1. The second-order valence-electron chi connectivity index (χ2n) is 6.21. The van der Waals surface area contributed by atoms with Crippen LogP contribution in [0.5, 0.6) is 0 Å². The van der Waals surface area contributed by atoms with E-state index in [1.807, 2.05) is 17.9 Å². The van der Waals surface area contributed by atoms with Gasteiger partial charge in [0.25, 0.3) is 10.0 Å². The standard InChI is InChI=1S/C19H22NO5S/c1-3-4-13-25-18(22)20-26(23,24)17-11-6-5-10-16(17)19(2)12-8-7-9-15(19)14-21/h5-12,15H,3-4,13H2,1-2H3,(H,20,22). The minimum atomic E-state index is -4.16. The third kappa shape index (κ3) is 4.22. The average molecular weight is 376 g/mol. The smallest absolute Gasteiger partial charge is 0.421 e. The molecule has 1 radical (unpaired) electrons. The van der Waals surface area contributed by atoms with Crippen molar-refractivity contribution >= 4 is 22.4 Å². The zero-order valence-corrected chi connectivity index (χ0v) is 15.6. The summed E-state index contributed by atoms with van der Waals surface area (Å²) in [5.74, 6) is -0.639. The molecule has 1 aromatic carbocycles. The zero-order chi connectivity index (χ0) is 19.2. The van der Waals surface area contributed by atoms with Gasteiger partial charge in [0.1, 0.15) is 0 Å². The summed E-state index contributed by atoms with van der Waals surface area (Å²) in [5, 5.41) is 0. The third-order valence-corrected chi connectivity index (χ3v) is 5.71. The fourth-order valence-electron chi connectivity index (χ4n) is 2.80. The molecular formula is C19H22NO5S. The lowest BCUT2D eigenvalue weighted by Crippen LogP contribution is -2.36. The first-order chi connectivity index (χ1) is 12.3. The van der Waals surface area contributed by atoms with Gasteiger partial charge >= 0.3 is 6.09 Å². The number of sulfonamides is 1. The Kier molecular flexibility index (Phi) is 6.37. The first-order valence-electron chi connectivity index (χ1n) is 8.38. The maximum atomic E-state index is 12.7. The van der Waals surface area contributed by atoms with Gasteiger partial charge in [-0.15, -0.1) is 0 Å². The second kappa shape index (κ2) is 8.31. The molecule has 0 spiro atoms. The molecule has 7 heteroatoms. The molecule has 1 aliphatic carbocycles. The highest BCUT2D eigenvalue weighted by Crippen LogP contribution is 2.39. The summed E-state index contributed by atoms with van der Waals surface area (Å²) in [4.78, 5) is 23.1. The molecule has 1 aromatic rings. The van der Waals surface area contributed by atoms with Gasteiger partial charge in [-0.05, 0) is 18.1 Å². The van der Waals surface area contributed by atoms with Crippen LogP contribution in [-0.4, -0.2) is 27.4 Å². The quantitative estimate of drug-likeness (QED) is 0.739. The lowest BCUT2D eigenvalue weighted by molar-refractivity contribution is 0.151. The average Bonchev–Trinajstić information content (AvgIpc) is 2.62. The SMILES string of the molecule is CCCCOC(=O)NS(=O)(=O)c1ccccc1C1(C)C=CC=CC1[C]=O. The molecular weight excluding hydrogens is 354 g/mol. The molecule has 0 aromatic heterocycles. The lowest BCUT2D eigenvalue weighted by Gasteiger charge is -2.33. The molecule has 0 saturated carbocycles. The van der Waals surface area contributed by atoms with Crippen LogP contribution in [0.3, 0.4) is 0 Å². The number of carbonyl (C=O) groups is 1. The molecule has 1 aliphatic rings. The van der Waals surface area contributed by atoms with E-state index in [4.69, 9.17) is 4.74 Å². The predicted octanol–water partition coefficient (Wildman–Crippen LogP) is 3.01. The summed E-state index contributed by atoms with van der Waals surface area (Å²) >= 11 is 0. The minimum Gasteiger partial charge on any atom is -0.449 e. The van der Waals surface area contributed by atoms with Gasteiger partial charge in [0.2, 0.25) is 6.29 Å². The van der Waals surface area contributed by atoms with Gasteiger partial charge in [0.15, 0.2) is 0 Å². The van der Waals surface area contributed by atoms with Crippen molar-refractivity contribution in [3.63, 3.8) is 0 Å². The van der Waals surface area contributed by atoms with Gasteiger partial charge in [-0.25, -0.2) is 17.9 Å². The number of ether oxygens (including phenoxy) is 1. The van der Waals surface area contributed by atoms with E-state index in [0.717, 1.165) is 6.42 Å². The van der Waals surface area contributed by atoms with E-state index in [0.29, 0.717) is 12.0 Å². The largest absolute Gasteiger partial charge is 0.449 e. The summed E-state index contributed by atoms with van der Waals surface area (Å²) in [6.45, 7) is 3.84. The van der Waals surface area contributed by atoms with Crippen LogP contribution < -0.4 is 4.72 Å². The maximum absolute atomic E-state index is 12.7. The van der Waals surface area contributed by atoms with Gasteiger partial charge in [0.05, 0.1) is 17.4 Å². The Morgan fingerprint density at radius 1 is 1.31 bits per heavy atom. The van der Waals surface area contributed by atoms with Gasteiger partial charge in [-0.3, -0.25) is 4.79 Å². The van der Waals surface area contributed by atoms with Crippen LogP contribution in [0.15, 0.2) is 53.5 Å². The molecule has 26 heavy (non-hydrogen) atoms. The molecule has 2 atom stereocenters. The topological polar surface area (TPSA) is 89.5 Å². The lowest BCUT2D eigenvalue weighted by atomic mass is 9.70. The van der Waals surface area contributed by atoms with Crippen LogP contribution in [0.25, 0.3) is 0 Å². The van der Waals surface area contributed by atoms with E-state index in [2.05, 4.69) is 0 Å².